The smallest absolute Gasteiger partial charge is 0.284 e. The molecule has 4 aromatic rings. The molecule has 1 fully saturated rings. The summed E-state index contributed by atoms with van der Waals surface area (Å²) in [6, 6.07) is 10.8. The standard InChI is InChI=1S/C20H17Cl2N7O/c1-11-15(22)18(25-20(23)24-11)27-9-8-14(27)17-26-28-10-7-13(21)16(28)19(30)29(17)12-5-3-2-4-6-12/h2-7,10,14H,8-9H2,1H3,(H2,23,24,25). The molecule has 10 heteroatoms. The van der Waals surface area contributed by atoms with Crippen LogP contribution in [0.2, 0.25) is 10.0 Å². The summed E-state index contributed by atoms with van der Waals surface area (Å²) in [7, 11) is 0. The van der Waals surface area contributed by atoms with Crippen LogP contribution in [0.3, 0.4) is 0 Å². The summed E-state index contributed by atoms with van der Waals surface area (Å²) in [5, 5.41) is 5.54. The lowest BCUT2D eigenvalue weighted by Gasteiger charge is -2.42. The van der Waals surface area contributed by atoms with Gasteiger partial charge in [0.15, 0.2) is 11.6 Å². The largest absolute Gasteiger partial charge is 0.368 e. The van der Waals surface area contributed by atoms with E-state index in [9.17, 15) is 4.79 Å². The molecule has 0 aliphatic carbocycles. The molecule has 1 aliphatic rings. The van der Waals surface area contributed by atoms with Crippen LogP contribution >= 0.6 is 23.2 Å². The number of hydrogen-bond acceptors (Lipinski definition) is 6. The SMILES string of the molecule is Cc1nc(N)nc(N2CCC2c2nn3ccc(Cl)c3c(=O)n2-c2ccccc2)c1Cl. The maximum absolute atomic E-state index is 13.4. The van der Waals surface area contributed by atoms with E-state index >= 15 is 0 Å². The van der Waals surface area contributed by atoms with E-state index in [-0.39, 0.29) is 17.5 Å². The van der Waals surface area contributed by atoms with Gasteiger partial charge < -0.3 is 10.6 Å². The van der Waals surface area contributed by atoms with Crippen molar-refractivity contribution in [2.24, 2.45) is 0 Å². The molecule has 8 nitrogen and oxygen atoms in total. The summed E-state index contributed by atoms with van der Waals surface area (Å²) in [4.78, 5) is 23.9. The zero-order valence-corrected chi connectivity index (χ0v) is 17.5. The molecule has 5 rings (SSSR count). The zero-order valence-electron chi connectivity index (χ0n) is 16.0. The lowest BCUT2D eigenvalue weighted by Crippen LogP contribution is -2.45. The molecule has 0 bridgehead atoms. The number of rotatable bonds is 3. The highest BCUT2D eigenvalue weighted by molar-refractivity contribution is 6.34. The van der Waals surface area contributed by atoms with Crippen LogP contribution < -0.4 is 16.2 Å². The fourth-order valence-corrected chi connectivity index (χ4v) is 4.17. The Morgan fingerprint density at radius 3 is 2.60 bits per heavy atom. The fraction of sp³-hybridized carbons (Fsp3) is 0.200. The van der Waals surface area contributed by atoms with E-state index in [0.717, 1.165) is 6.42 Å². The van der Waals surface area contributed by atoms with E-state index in [2.05, 4.69) is 9.97 Å². The molecule has 0 amide bonds. The Kier molecular flexibility index (Phi) is 4.41. The van der Waals surface area contributed by atoms with Gasteiger partial charge in [-0.15, -0.1) is 0 Å². The summed E-state index contributed by atoms with van der Waals surface area (Å²) in [6.07, 6.45) is 2.46. The van der Waals surface area contributed by atoms with Crippen molar-refractivity contribution in [3.63, 3.8) is 0 Å². The Morgan fingerprint density at radius 2 is 1.90 bits per heavy atom. The highest BCUT2D eigenvalue weighted by atomic mass is 35.5. The minimum Gasteiger partial charge on any atom is -0.368 e. The molecule has 3 aromatic heterocycles. The Morgan fingerprint density at radius 1 is 1.13 bits per heavy atom. The molecule has 1 unspecified atom stereocenters. The summed E-state index contributed by atoms with van der Waals surface area (Å²) < 4.78 is 3.13. The van der Waals surface area contributed by atoms with Gasteiger partial charge in [-0.2, -0.15) is 10.1 Å². The second-order valence-electron chi connectivity index (χ2n) is 7.09. The van der Waals surface area contributed by atoms with Crippen molar-refractivity contribution in [2.75, 3.05) is 17.2 Å². The molecule has 4 heterocycles. The van der Waals surface area contributed by atoms with Gasteiger partial charge >= 0.3 is 0 Å². The molecule has 0 radical (unpaired) electrons. The zero-order chi connectivity index (χ0) is 21.0. The molecule has 0 saturated carbocycles. The van der Waals surface area contributed by atoms with Crippen LogP contribution in [0.4, 0.5) is 11.8 Å². The van der Waals surface area contributed by atoms with Crippen molar-refractivity contribution in [2.45, 2.75) is 19.4 Å². The van der Waals surface area contributed by atoms with Crippen molar-refractivity contribution >= 4 is 40.5 Å². The van der Waals surface area contributed by atoms with Gasteiger partial charge in [-0.05, 0) is 31.5 Å². The van der Waals surface area contributed by atoms with Crippen molar-refractivity contribution in [3.8, 4) is 5.69 Å². The second kappa shape index (κ2) is 7.00. The molecule has 1 saturated heterocycles. The Balaban J connectivity index is 1.72. The number of fused-ring (bicyclic) bond motifs is 1. The monoisotopic (exact) mass is 441 g/mol. The minimum atomic E-state index is -0.238. The number of nitrogens with zero attached hydrogens (tertiary/aromatic N) is 6. The van der Waals surface area contributed by atoms with Crippen molar-refractivity contribution in [1.29, 1.82) is 0 Å². The van der Waals surface area contributed by atoms with E-state index in [1.165, 1.54) is 4.52 Å². The van der Waals surface area contributed by atoms with Crippen molar-refractivity contribution < 1.29 is 0 Å². The van der Waals surface area contributed by atoms with E-state index in [0.29, 0.717) is 45.1 Å². The molecule has 30 heavy (non-hydrogen) atoms. The van der Waals surface area contributed by atoms with Crippen LogP contribution in [0.15, 0.2) is 47.4 Å². The molecular formula is C20H17Cl2N7O. The number of hydrogen-bond donors (Lipinski definition) is 1. The van der Waals surface area contributed by atoms with Crippen LogP contribution in [0, 0.1) is 6.92 Å². The topological polar surface area (TPSA) is 94.3 Å². The van der Waals surface area contributed by atoms with Gasteiger partial charge in [-0.25, -0.2) is 9.50 Å². The fourth-order valence-electron chi connectivity index (χ4n) is 3.75. The Labute approximate surface area is 181 Å². The maximum Gasteiger partial charge on any atom is 0.284 e. The number of para-hydroxylation sites is 1. The van der Waals surface area contributed by atoms with Crippen molar-refractivity contribution in [1.82, 2.24) is 24.1 Å². The van der Waals surface area contributed by atoms with Gasteiger partial charge in [0, 0.05) is 12.7 Å². The van der Waals surface area contributed by atoms with Gasteiger partial charge in [0.1, 0.15) is 10.5 Å². The average Bonchev–Trinajstić information content (AvgIpc) is 3.06. The number of nitrogens with two attached hydrogens (primary N) is 1. The average molecular weight is 442 g/mol. The third-order valence-electron chi connectivity index (χ3n) is 5.28. The highest BCUT2D eigenvalue weighted by Crippen LogP contribution is 2.40. The van der Waals surface area contributed by atoms with Crippen LogP contribution in [0.25, 0.3) is 11.2 Å². The summed E-state index contributed by atoms with van der Waals surface area (Å²) in [6.45, 7) is 2.49. The first-order valence-corrected chi connectivity index (χ1v) is 10.1. The molecule has 1 aromatic carbocycles. The van der Waals surface area contributed by atoms with Crippen LogP contribution in [-0.4, -0.2) is 30.7 Å². The van der Waals surface area contributed by atoms with Gasteiger partial charge in [0.25, 0.3) is 5.56 Å². The Hall–Kier alpha value is -3.10. The number of nitrogen functional groups attached to an aromatic ring is 1. The first-order chi connectivity index (χ1) is 14.5. The molecule has 152 valence electrons. The molecular weight excluding hydrogens is 425 g/mol. The number of aryl methyl sites for hydroxylation is 1. The molecule has 1 atom stereocenters. The first kappa shape index (κ1) is 18.9. The minimum absolute atomic E-state index is 0.151. The quantitative estimate of drug-likeness (QED) is 0.523. The predicted molar refractivity (Wildman–Crippen MR) is 117 cm³/mol. The number of halogens is 2. The van der Waals surface area contributed by atoms with Crippen LogP contribution in [0.5, 0.6) is 0 Å². The normalized spacial score (nSPS) is 16.1. The molecule has 1 aliphatic heterocycles. The summed E-state index contributed by atoms with van der Waals surface area (Å²) in [5.74, 6) is 1.26. The highest BCUT2D eigenvalue weighted by Gasteiger charge is 2.37. The molecule has 2 N–H and O–H groups in total. The lowest BCUT2D eigenvalue weighted by molar-refractivity contribution is 0.423. The second-order valence-corrected chi connectivity index (χ2v) is 7.88. The van der Waals surface area contributed by atoms with Crippen LogP contribution in [0.1, 0.15) is 24.0 Å². The maximum atomic E-state index is 13.4. The van der Waals surface area contributed by atoms with Crippen LogP contribution in [-0.2, 0) is 0 Å². The van der Waals surface area contributed by atoms with Gasteiger partial charge in [-0.1, -0.05) is 41.4 Å². The van der Waals surface area contributed by atoms with E-state index in [4.69, 9.17) is 34.0 Å². The predicted octanol–water partition coefficient (Wildman–Crippen LogP) is 3.42. The number of anilines is 2. The van der Waals surface area contributed by atoms with Gasteiger partial charge in [-0.3, -0.25) is 9.36 Å². The van der Waals surface area contributed by atoms with Gasteiger partial charge in [0.2, 0.25) is 5.95 Å². The van der Waals surface area contributed by atoms with E-state index in [1.807, 2.05) is 35.2 Å². The number of benzene rings is 1. The van der Waals surface area contributed by atoms with E-state index < -0.39 is 0 Å². The summed E-state index contributed by atoms with van der Waals surface area (Å²) in [5.41, 5.74) is 7.26. The first-order valence-electron chi connectivity index (χ1n) is 9.37. The Bertz CT molecular complexity index is 1330. The van der Waals surface area contributed by atoms with E-state index in [1.54, 1.807) is 23.8 Å². The third-order valence-corrected chi connectivity index (χ3v) is 6.03. The third kappa shape index (κ3) is 2.83. The molecule has 0 spiro atoms. The van der Waals surface area contributed by atoms with Crippen molar-refractivity contribution in [3.05, 3.63) is 74.5 Å². The lowest BCUT2D eigenvalue weighted by atomic mass is 10.0. The summed E-state index contributed by atoms with van der Waals surface area (Å²) >= 11 is 12.7. The number of aromatic nitrogens is 5. The van der Waals surface area contributed by atoms with Gasteiger partial charge in [0.05, 0.1) is 22.4 Å².